The molecule has 2 aromatic carbocycles. The highest BCUT2D eigenvalue weighted by Gasteiger charge is 2.40. The summed E-state index contributed by atoms with van der Waals surface area (Å²) < 4.78 is 21.4. The molecule has 0 aliphatic carbocycles. The van der Waals surface area contributed by atoms with Crippen molar-refractivity contribution in [3.63, 3.8) is 0 Å². The zero-order valence-electron chi connectivity index (χ0n) is 15.9. The Hall–Kier alpha value is -2.33. The van der Waals surface area contributed by atoms with Gasteiger partial charge in [-0.1, -0.05) is 11.6 Å². The summed E-state index contributed by atoms with van der Waals surface area (Å²) >= 11 is 0. The number of rotatable bonds is 4. The first-order valence-electron chi connectivity index (χ1n) is 9.84. The molecule has 2 atom stereocenters. The van der Waals surface area contributed by atoms with Crippen LogP contribution in [0.25, 0.3) is 10.9 Å². The second-order valence-corrected chi connectivity index (χ2v) is 7.95. The number of aromatic nitrogens is 1. The summed E-state index contributed by atoms with van der Waals surface area (Å²) in [5.41, 5.74) is 5.65. The molecule has 3 aromatic rings. The van der Waals surface area contributed by atoms with Crippen LogP contribution in [-0.2, 0) is 13.0 Å². The minimum atomic E-state index is -0.234. The third kappa shape index (κ3) is 2.74. The molecule has 1 aromatic heterocycles. The smallest absolute Gasteiger partial charge is 0.123 e. The molecule has 140 valence electrons. The average Bonchev–Trinajstić information content (AvgIpc) is 3.07. The summed E-state index contributed by atoms with van der Waals surface area (Å²) in [7, 11) is 2.28. The van der Waals surface area contributed by atoms with E-state index >= 15 is 0 Å². The minimum Gasteiger partial charge on any atom is -0.492 e. The Bertz CT molecular complexity index is 992. The Morgan fingerprint density at radius 1 is 1.11 bits per heavy atom. The van der Waals surface area contributed by atoms with E-state index in [9.17, 15) is 4.39 Å². The standard InChI is InChI=1S/C23H25FN2O/c1-15-3-9-20-19(13-15)23-21-10-6-17(25(21)2)14-22(23)26(20)11-12-27-18-7-4-16(24)5-8-18/h3-5,7-9,13,17,21H,6,10-12,14H2,1-2H3. The van der Waals surface area contributed by atoms with Gasteiger partial charge in [0.25, 0.3) is 0 Å². The van der Waals surface area contributed by atoms with Gasteiger partial charge in [0.15, 0.2) is 0 Å². The molecule has 0 amide bonds. The fourth-order valence-electron chi connectivity index (χ4n) is 5.01. The summed E-state index contributed by atoms with van der Waals surface area (Å²) in [4.78, 5) is 2.57. The molecule has 2 bridgehead atoms. The van der Waals surface area contributed by atoms with E-state index in [1.165, 1.54) is 52.7 Å². The lowest BCUT2D eigenvalue weighted by atomic mass is 9.97. The normalized spacial score (nSPS) is 21.6. The van der Waals surface area contributed by atoms with E-state index in [-0.39, 0.29) is 5.82 Å². The van der Waals surface area contributed by atoms with Crippen LogP contribution in [0, 0.1) is 12.7 Å². The van der Waals surface area contributed by atoms with Crippen LogP contribution in [-0.4, -0.2) is 29.2 Å². The van der Waals surface area contributed by atoms with Crippen molar-refractivity contribution in [1.82, 2.24) is 9.47 Å². The molecule has 2 aliphatic rings. The molecule has 3 heterocycles. The van der Waals surface area contributed by atoms with E-state index in [4.69, 9.17) is 4.74 Å². The molecule has 0 saturated carbocycles. The SMILES string of the molecule is Cc1ccc2c(c1)c1c(n2CCOc2ccc(F)cc2)CC2CCC1N2C. The van der Waals surface area contributed by atoms with Gasteiger partial charge in [0.05, 0.1) is 6.54 Å². The minimum absolute atomic E-state index is 0.234. The molecule has 2 aliphatic heterocycles. The maximum Gasteiger partial charge on any atom is 0.123 e. The van der Waals surface area contributed by atoms with Crippen molar-refractivity contribution in [1.29, 1.82) is 0 Å². The van der Waals surface area contributed by atoms with Gasteiger partial charge in [0, 0.05) is 35.1 Å². The average molecular weight is 364 g/mol. The maximum absolute atomic E-state index is 13.1. The summed E-state index contributed by atoms with van der Waals surface area (Å²) in [5, 5.41) is 1.41. The van der Waals surface area contributed by atoms with Gasteiger partial charge in [0.2, 0.25) is 0 Å². The second kappa shape index (κ2) is 6.38. The second-order valence-electron chi connectivity index (χ2n) is 7.95. The number of aryl methyl sites for hydroxylation is 1. The zero-order chi connectivity index (χ0) is 18.5. The Labute approximate surface area is 159 Å². The number of halogens is 1. The number of fused-ring (bicyclic) bond motifs is 6. The molecule has 1 saturated heterocycles. The van der Waals surface area contributed by atoms with E-state index in [0.29, 0.717) is 18.7 Å². The maximum atomic E-state index is 13.1. The van der Waals surface area contributed by atoms with Crippen molar-refractivity contribution in [2.24, 2.45) is 0 Å². The van der Waals surface area contributed by atoms with Crippen LogP contribution in [0.4, 0.5) is 4.39 Å². The molecule has 0 spiro atoms. The highest BCUT2D eigenvalue weighted by Crippen LogP contribution is 2.46. The highest BCUT2D eigenvalue weighted by atomic mass is 19.1. The molecular weight excluding hydrogens is 339 g/mol. The van der Waals surface area contributed by atoms with Crippen LogP contribution in [0.1, 0.15) is 35.7 Å². The van der Waals surface area contributed by atoms with Crippen molar-refractivity contribution in [3.05, 3.63) is 65.1 Å². The number of likely N-dealkylation sites (N-methyl/N-ethyl adjacent to an activating group) is 1. The largest absolute Gasteiger partial charge is 0.492 e. The van der Waals surface area contributed by atoms with Crippen molar-refractivity contribution in [2.75, 3.05) is 13.7 Å². The van der Waals surface area contributed by atoms with Crippen LogP contribution in [0.15, 0.2) is 42.5 Å². The Morgan fingerprint density at radius 3 is 2.74 bits per heavy atom. The van der Waals surface area contributed by atoms with E-state index in [1.807, 2.05) is 0 Å². The molecule has 2 unspecified atom stereocenters. The highest BCUT2D eigenvalue weighted by molar-refractivity contribution is 5.87. The van der Waals surface area contributed by atoms with Gasteiger partial charge < -0.3 is 9.30 Å². The van der Waals surface area contributed by atoms with Crippen molar-refractivity contribution >= 4 is 10.9 Å². The third-order valence-electron chi connectivity index (χ3n) is 6.37. The Kier molecular flexibility index (Phi) is 3.97. The van der Waals surface area contributed by atoms with Gasteiger partial charge in [-0.3, -0.25) is 4.90 Å². The number of hydrogen-bond donors (Lipinski definition) is 0. The van der Waals surface area contributed by atoms with E-state index in [0.717, 1.165) is 18.7 Å². The van der Waals surface area contributed by atoms with Crippen LogP contribution in [0.5, 0.6) is 5.75 Å². The first-order chi connectivity index (χ1) is 13.1. The summed E-state index contributed by atoms with van der Waals surface area (Å²) in [6.07, 6.45) is 3.66. The fourth-order valence-corrected chi connectivity index (χ4v) is 5.01. The molecule has 3 nitrogen and oxygen atoms in total. The zero-order valence-corrected chi connectivity index (χ0v) is 15.9. The molecule has 27 heavy (non-hydrogen) atoms. The van der Waals surface area contributed by atoms with Crippen LogP contribution in [0.3, 0.4) is 0 Å². The summed E-state index contributed by atoms with van der Waals surface area (Å²) in [6, 6.07) is 14.3. The van der Waals surface area contributed by atoms with E-state index in [2.05, 4.69) is 41.6 Å². The molecule has 4 heteroatoms. The van der Waals surface area contributed by atoms with Gasteiger partial charge in [-0.05, 0) is 68.8 Å². The fraction of sp³-hybridized carbons (Fsp3) is 0.391. The summed E-state index contributed by atoms with van der Waals surface area (Å²) in [5.74, 6) is 0.486. The topological polar surface area (TPSA) is 17.4 Å². The monoisotopic (exact) mass is 364 g/mol. The van der Waals surface area contributed by atoms with Gasteiger partial charge in [-0.2, -0.15) is 0 Å². The molecule has 1 fully saturated rings. The van der Waals surface area contributed by atoms with Crippen molar-refractivity contribution < 1.29 is 9.13 Å². The lowest BCUT2D eigenvalue weighted by Gasteiger charge is -2.32. The lowest BCUT2D eigenvalue weighted by Crippen LogP contribution is -2.34. The Morgan fingerprint density at radius 2 is 1.93 bits per heavy atom. The van der Waals surface area contributed by atoms with Crippen LogP contribution < -0.4 is 4.74 Å². The van der Waals surface area contributed by atoms with E-state index in [1.54, 1.807) is 12.1 Å². The number of hydrogen-bond acceptors (Lipinski definition) is 2. The van der Waals surface area contributed by atoms with Gasteiger partial charge in [-0.15, -0.1) is 0 Å². The number of benzene rings is 2. The number of nitrogens with zero attached hydrogens (tertiary/aromatic N) is 2. The predicted octanol–water partition coefficient (Wildman–Crippen LogP) is 4.86. The van der Waals surface area contributed by atoms with Crippen LogP contribution in [0.2, 0.25) is 0 Å². The lowest BCUT2D eigenvalue weighted by molar-refractivity contribution is 0.220. The third-order valence-corrected chi connectivity index (χ3v) is 6.37. The predicted molar refractivity (Wildman–Crippen MR) is 106 cm³/mol. The molecule has 0 radical (unpaired) electrons. The summed E-state index contributed by atoms with van der Waals surface area (Å²) in [6.45, 7) is 3.57. The van der Waals surface area contributed by atoms with Crippen LogP contribution >= 0.6 is 0 Å². The van der Waals surface area contributed by atoms with Gasteiger partial charge in [-0.25, -0.2) is 4.39 Å². The number of ether oxygens (including phenoxy) is 1. The Balaban J connectivity index is 1.49. The molecule has 0 N–H and O–H groups in total. The van der Waals surface area contributed by atoms with Crippen molar-refractivity contribution in [3.8, 4) is 5.75 Å². The first-order valence-corrected chi connectivity index (χ1v) is 9.84. The first kappa shape index (κ1) is 16.8. The van der Waals surface area contributed by atoms with Crippen molar-refractivity contribution in [2.45, 2.75) is 44.8 Å². The van der Waals surface area contributed by atoms with Gasteiger partial charge in [0.1, 0.15) is 18.2 Å². The van der Waals surface area contributed by atoms with E-state index < -0.39 is 0 Å². The molecule has 5 rings (SSSR count). The van der Waals surface area contributed by atoms with Gasteiger partial charge >= 0.3 is 0 Å². The molecular formula is C23H25FN2O. The quantitative estimate of drug-likeness (QED) is 0.658.